The zero-order valence-electron chi connectivity index (χ0n) is 8.15. The summed E-state index contributed by atoms with van der Waals surface area (Å²) in [6.45, 7) is 3.29. The lowest BCUT2D eigenvalue weighted by Gasteiger charge is -2.22. The monoisotopic (exact) mass is 264 g/mol. The Morgan fingerprint density at radius 2 is 1.57 bits per heavy atom. The predicted octanol–water partition coefficient (Wildman–Crippen LogP) is 2.42. The molecule has 2 unspecified atom stereocenters. The maximum atomic E-state index is 11.7. The zero-order valence-corrected chi connectivity index (χ0v) is 10.6. The standard InChI is InChI=1S/C7H15Cl2O4P/c1-6(3-8)12-14(11,5-10)13-7(2)4-9/h6-7,10H,3-5H2,1-2H3. The van der Waals surface area contributed by atoms with E-state index in [9.17, 15) is 4.57 Å². The maximum absolute atomic E-state index is 11.7. The molecule has 0 radical (unpaired) electrons. The van der Waals surface area contributed by atoms with Gasteiger partial charge in [-0.05, 0) is 13.8 Å². The number of hydrogen-bond donors (Lipinski definition) is 1. The molecule has 0 rings (SSSR count). The summed E-state index contributed by atoms with van der Waals surface area (Å²) < 4.78 is 21.7. The summed E-state index contributed by atoms with van der Waals surface area (Å²) in [6.07, 6.45) is -1.54. The summed E-state index contributed by atoms with van der Waals surface area (Å²) in [6, 6.07) is 0. The molecule has 0 aliphatic rings. The fourth-order valence-corrected chi connectivity index (χ4v) is 2.43. The maximum Gasteiger partial charge on any atom is 0.356 e. The van der Waals surface area contributed by atoms with E-state index in [1.165, 1.54) is 0 Å². The summed E-state index contributed by atoms with van der Waals surface area (Å²) in [4.78, 5) is 0. The molecule has 7 heteroatoms. The van der Waals surface area contributed by atoms with Gasteiger partial charge in [-0.25, -0.2) is 0 Å². The normalized spacial score (nSPS) is 20.1. The van der Waals surface area contributed by atoms with Gasteiger partial charge in [0.2, 0.25) is 0 Å². The first kappa shape index (κ1) is 14.7. The minimum atomic E-state index is -3.46. The molecule has 0 bridgehead atoms. The number of rotatable bonds is 7. The van der Waals surface area contributed by atoms with Gasteiger partial charge >= 0.3 is 7.60 Å². The van der Waals surface area contributed by atoms with Gasteiger partial charge in [-0.3, -0.25) is 4.57 Å². The van der Waals surface area contributed by atoms with E-state index in [0.717, 1.165) is 0 Å². The van der Waals surface area contributed by atoms with Gasteiger partial charge < -0.3 is 14.2 Å². The molecule has 0 aromatic rings. The number of alkyl halides is 2. The Hall–Kier alpha value is 0.690. The highest BCUT2D eigenvalue weighted by Crippen LogP contribution is 2.49. The summed E-state index contributed by atoms with van der Waals surface area (Å²) >= 11 is 11.0. The van der Waals surface area contributed by atoms with Crippen LogP contribution < -0.4 is 0 Å². The average Bonchev–Trinajstić information content (AvgIpc) is 2.17. The first-order chi connectivity index (χ1) is 6.47. The zero-order chi connectivity index (χ0) is 11.2. The second-order valence-electron chi connectivity index (χ2n) is 2.89. The van der Waals surface area contributed by atoms with Crippen LogP contribution in [-0.2, 0) is 13.6 Å². The van der Waals surface area contributed by atoms with Crippen molar-refractivity contribution in [1.82, 2.24) is 0 Å². The van der Waals surface area contributed by atoms with Gasteiger partial charge in [0.15, 0.2) is 0 Å². The molecular formula is C7H15Cl2O4P. The van der Waals surface area contributed by atoms with E-state index in [1.54, 1.807) is 13.8 Å². The third-order valence-electron chi connectivity index (χ3n) is 1.29. The average molecular weight is 265 g/mol. The SMILES string of the molecule is CC(CCl)OP(=O)(CO)OC(C)CCl. The van der Waals surface area contributed by atoms with Crippen molar-refractivity contribution in [1.29, 1.82) is 0 Å². The Labute approximate surface area is 94.0 Å². The predicted molar refractivity (Wildman–Crippen MR) is 57.2 cm³/mol. The highest BCUT2D eigenvalue weighted by molar-refractivity contribution is 7.53. The van der Waals surface area contributed by atoms with Crippen LogP contribution in [0.25, 0.3) is 0 Å². The third-order valence-corrected chi connectivity index (χ3v) is 3.87. The summed E-state index contributed by atoms with van der Waals surface area (Å²) in [5, 5.41) is 8.87. The molecule has 0 fully saturated rings. The van der Waals surface area contributed by atoms with Gasteiger partial charge in [-0.1, -0.05) is 0 Å². The molecule has 0 amide bonds. The first-order valence-corrected chi connectivity index (χ1v) is 6.95. The van der Waals surface area contributed by atoms with Gasteiger partial charge in [0.05, 0.1) is 12.2 Å². The Balaban J connectivity index is 4.25. The molecule has 14 heavy (non-hydrogen) atoms. The van der Waals surface area contributed by atoms with Crippen molar-refractivity contribution in [3.05, 3.63) is 0 Å². The van der Waals surface area contributed by atoms with Crippen molar-refractivity contribution in [3.8, 4) is 0 Å². The summed E-state index contributed by atoms with van der Waals surface area (Å²) in [5.41, 5.74) is 0. The van der Waals surface area contributed by atoms with E-state index >= 15 is 0 Å². The molecule has 0 saturated heterocycles. The molecule has 4 nitrogen and oxygen atoms in total. The van der Waals surface area contributed by atoms with E-state index < -0.39 is 26.2 Å². The van der Waals surface area contributed by atoms with Gasteiger partial charge in [0.25, 0.3) is 0 Å². The van der Waals surface area contributed by atoms with Crippen LogP contribution in [0.4, 0.5) is 0 Å². The van der Waals surface area contributed by atoms with Crippen LogP contribution in [0.1, 0.15) is 13.8 Å². The van der Waals surface area contributed by atoms with Crippen LogP contribution in [0, 0.1) is 0 Å². The number of aliphatic hydroxyl groups excluding tert-OH is 1. The minimum Gasteiger partial charge on any atom is -0.384 e. The van der Waals surface area contributed by atoms with Crippen molar-refractivity contribution < 1.29 is 18.7 Å². The van der Waals surface area contributed by atoms with Crippen LogP contribution in [0.2, 0.25) is 0 Å². The van der Waals surface area contributed by atoms with Crippen molar-refractivity contribution in [2.24, 2.45) is 0 Å². The van der Waals surface area contributed by atoms with Crippen LogP contribution in [0.15, 0.2) is 0 Å². The van der Waals surface area contributed by atoms with Gasteiger partial charge in [0.1, 0.15) is 6.35 Å². The minimum absolute atomic E-state index is 0.183. The fraction of sp³-hybridized carbons (Fsp3) is 1.00. The molecule has 1 N–H and O–H groups in total. The molecule has 0 aromatic heterocycles. The lowest BCUT2D eigenvalue weighted by Crippen LogP contribution is -2.16. The molecule has 0 spiro atoms. The number of aliphatic hydroxyl groups is 1. The Kier molecular flexibility index (Phi) is 7.39. The van der Waals surface area contributed by atoms with Crippen LogP contribution in [-0.4, -0.2) is 35.4 Å². The summed E-state index contributed by atoms with van der Waals surface area (Å²) in [7, 11) is -3.46. The molecular weight excluding hydrogens is 250 g/mol. The van der Waals surface area contributed by atoms with E-state index in [0.29, 0.717) is 0 Å². The molecule has 0 heterocycles. The van der Waals surface area contributed by atoms with E-state index in [2.05, 4.69) is 0 Å². The Morgan fingerprint density at radius 1 is 1.21 bits per heavy atom. The highest BCUT2D eigenvalue weighted by Gasteiger charge is 2.28. The lowest BCUT2D eigenvalue weighted by molar-refractivity contribution is 0.128. The number of hydrogen-bond acceptors (Lipinski definition) is 4. The first-order valence-electron chi connectivity index (χ1n) is 4.16. The molecule has 0 saturated carbocycles. The van der Waals surface area contributed by atoms with Crippen molar-refractivity contribution in [2.45, 2.75) is 26.1 Å². The quantitative estimate of drug-likeness (QED) is 0.567. The largest absolute Gasteiger partial charge is 0.384 e. The smallest absolute Gasteiger partial charge is 0.356 e. The van der Waals surface area contributed by atoms with E-state index in [4.69, 9.17) is 37.4 Å². The van der Waals surface area contributed by atoms with Gasteiger partial charge in [-0.15, -0.1) is 23.2 Å². The van der Waals surface area contributed by atoms with Crippen molar-refractivity contribution >= 4 is 30.8 Å². The number of halogens is 2. The molecule has 86 valence electrons. The Morgan fingerprint density at radius 3 is 1.79 bits per heavy atom. The third kappa shape index (κ3) is 5.54. The van der Waals surface area contributed by atoms with Crippen LogP contribution in [0.5, 0.6) is 0 Å². The molecule has 0 aromatic carbocycles. The van der Waals surface area contributed by atoms with E-state index in [-0.39, 0.29) is 11.8 Å². The van der Waals surface area contributed by atoms with Crippen molar-refractivity contribution in [3.63, 3.8) is 0 Å². The summed E-state index contributed by atoms with van der Waals surface area (Å²) in [5.74, 6) is 0.366. The van der Waals surface area contributed by atoms with Gasteiger partial charge in [-0.2, -0.15) is 0 Å². The second-order valence-corrected chi connectivity index (χ2v) is 5.44. The molecule has 0 aliphatic heterocycles. The van der Waals surface area contributed by atoms with Crippen molar-refractivity contribution in [2.75, 3.05) is 18.1 Å². The van der Waals surface area contributed by atoms with Crippen LogP contribution >= 0.6 is 30.8 Å². The molecule has 0 aliphatic carbocycles. The van der Waals surface area contributed by atoms with Crippen LogP contribution in [0.3, 0.4) is 0 Å². The highest BCUT2D eigenvalue weighted by atomic mass is 35.5. The topological polar surface area (TPSA) is 55.8 Å². The fourth-order valence-electron chi connectivity index (χ4n) is 0.696. The molecule has 2 atom stereocenters. The van der Waals surface area contributed by atoms with E-state index in [1.807, 2.05) is 0 Å². The second kappa shape index (κ2) is 7.04. The Bertz CT molecular complexity index is 186. The lowest BCUT2D eigenvalue weighted by atomic mass is 10.5. The van der Waals surface area contributed by atoms with Gasteiger partial charge in [0, 0.05) is 11.8 Å².